The predicted octanol–water partition coefficient (Wildman–Crippen LogP) is 0.844. The summed E-state index contributed by atoms with van der Waals surface area (Å²) in [6, 6.07) is 6.09. The number of phenols is 1. The van der Waals surface area contributed by atoms with Crippen LogP contribution in [0.25, 0.3) is 6.08 Å². The Balaban J connectivity index is 1.15. The van der Waals surface area contributed by atoms with Gasteiger partial charge in [0.25, 0.3) is 0 Å². The first-order chi connectivity index (χ1) is 21.4. The maximum absolute atomic E-state index is 13.4. The average Bonchev–Trinajstić information content (AvgIpc) is 3.62. The molecule has 5 rings (SSSR count). The Morgan fingerprint density at radius 2 is 1.71 bits per heavy atom. The summed E-state index contributed by atoms with van der Waals surface area (Å²) in [5.74, 6) is -2.36. The van der Waals surface area contributed by atoms with Crippen LogP contribution in [0.15, 0.2) is 47.1 Å². The molecule has 2 saturated heterocycles. The van der Waals surface area contributed by atoms with E-state index in [1.165, 1.54) is 25.1 Å². The number of nitrogens with zero attached hydrogens (tertiary/aromatic N) is 1. The van der Waals surface area contributed by atoms with Gasteiger partial charge in [0.2, 0.25) is 12.2 Å². The molecule has 6 N–H and O–H groups in total. The Morgan fingerprint density at radius 1 is 1.02 bits per heavy atom. The molecule has 45 heavy (non-hydrogen) atoms. The molecule has 9 atom stereocenters. The third-order valence-corrected chi connectivity index (χ3v) is 7.74. The molecule has 0 radical (unpaired) electrons. The van der Waals surface area contributed by atoms with E-state index in [2.05, 4.69) is 10.5 Å². The van der Waals surface area contributed by atoms with Crippen LogP contribution in [0.5, 0.6) is 11.5 Å². The number of oxime groups is 1. The molecule has 1 aliphatic carbocycles. The Labute approximate surface area is 256 Å². The van der Waals surface area contributed by atoms with E-state index in [1.54, 1.807) is 13.0 Å². The van der Waals surface area contributed by atoms with Gasteiger partial charge in [0.1, 0.15) is 61.7 Å². The number of carbonyl (C=O) groups excluding carboxylic acids is 1. The molecule has 2 aromatic carbocycles. The summed E-state index contributed by atoms with van der Waals surface area (Å²) in [6.07, 6.45) is -7.38. The maximum atomic E-state index is 13.4. The summed E-state index contributed by atoms with van der Waals surface area (Å²) in [6.45, 7) is 2.68. The summed E-state index contributed by atoms with van der Waals surface area (Å²) in [4.78, 5) is 18.0. The monoisotopic (exact) mass is 636 g/mol. The van der Waals surface area contributed by atoms with Crippen LogP contribution in [-0.2, 0) is 30.4 Å². The largest absolute Gasteiger partial charge is 0.504 e. The van der Waals surface area contributed by atoms with Gasteiger partial charge in [0.15, 0.2) is 11.5 Å². The van der Waals surface area contributed by atoms with Crippen molar-refractivity contribution in [2.45, 2.75) is 81.9 Å². The number of fused-ring (bicyclic) bond motifs is 1. The van der Waals surface area contributed by atoms with Crippen molar-refractivity contribution in [3.8, 4) is 11.5 Å². The van der Waals surface area contributed by atoms with Gasteiger partial charge in [-0.05, 0) is 55.3 Å². The molecule has 0 spiro atoms. The lowest BCUT2D eigenvalue weighted by molar-refractivity contribution is -0.155. The van der Waals surface area contributed by atoms with Crippen LogP contribution in [-0.4, -0.2) is 99.0 Å². The highest BCUT2D eigenvalue weighted by molar-refractivity contribution is 5.97. The lowest BCUT2D eigenvalue weighted by atomic mass is 9.83. The number of aliphatic hydroxyl groups is 4. The summed E-state index contributed by atoms with van der Waals surface area (Å²) >= 11 is 0. The summed E-state index contributed by atoms with van der Waals surface area (Å²) < 4.78 is 48.6. The molecule has 1 saturated carbocycles. The van der Waals surface area contributed by atoms with Gasteiger partial charge in [-0.2, -0.15) is 0 Å². The highest BCUT2D eigenvalue weighted by atomic mass is 19.1. The molecule has 2 heterocycles. The topological polar surface area (TPSA) is 189 Å². The number of hydrogen-bond acceptors (Lipinski definition) is 12. The number of rotatable bonds is 9. The van der Waals surface area contributed by atoms with Gasteiger partial charge in [0, 0.05) is 18.1 Å². The van der Waals surface area contributed by atoms with Crippen LogP contribution in [0.4, 0.5) is 8.78 Å². The molecular formula is C30H34F2N2O11. The number of hydrogen-bond donors (Lipinski definition) is 6. The molecule has 2 aromatic rings. The van der Waals surface area contributed by atoms with Crippen molar-refractivity contribution in [1.82, 2.24) is 5.32 Å². The van der Waals surface area contributed by atoms with Crippen molar-refractivity contribution >= 4 is 17.7 Å². The zero-order valence-corrected chi connectivity index (χ0v) is 24.2. The van der Waals surface area contributed by atoms with Crippen LogP contribution < -0.4 is 10.1 Å². The van der Waals surface area contributed by atoms with Crippen molar-refractivity contribution in [2.75, 3.05) is 6.79 Å². The van der Waals surface area contributed by atoms with Gasteiger partial charge >= 0.3 is 0 Å². The van der Waals surface area contributed by atoms with Crippen LogP contribution in [0.3, 0.4) is 0 Å². The number of benzene rings is 2. The van der Waals surface area contributed by atoms with E-state index in [1.807, 2.05) is 0 Å². The molecule has 0 bridgehead atoms. The standard InChI is InChI=1S/C30H34F2N2O11/c1-13(30(40)33-23-24(37)26(39)29-28(25(23)38)41-12-42-29)5-15-3-4-21(19(35)8-15)44-22-10-20(36)27(45-22)14(2)34-43-11-16-6-17(31)9-18(32)7-16/h3-9,20,22-29,35-39H,10-12H2,1-2H3,(H,33,40)/b13-5+,34-14-/t20-,22+,23+,24-,25+,26+,27+,28-,29+/m0/s1. The lowest BCUT2D eigenvalue weighted by Crippen LogP contribution is -2.67. The molecule has 3 aliphatic rings. The fraction of sp³-hybridized carbons (Fsp3) is 0.467. The van der Waals surface area contributed by atoms with E-state index in [0.29, 0.717) is 5.56 Å². The maximum Gasteiger partial charge on any atom is 0.247 e. The van der Waals surface area contributed by atoms with E-state index in [9.17, 15) is 39.1 Å². The zero-order valence-electron chi connectivity index (χ0n) is 24.2. The summed E-state index contributed by atoms with van der Waals surface area (Å²) in [5, 5.41) is 58.7. The molecule has 0 aromatic heterocycles. The van der Waals surface area contributed by atoms with Gasteiger partial charge in [-0.1, -0.05) is 11.2 Å². The third kappa shape index (κ3) is 7.41. The number of ether oxygens (including phenoxy) is 4. The number of amides is 1. The summed E-state index contributed by atoms with van der Waals surface area (Å²) in [5.41, 5.74) is 1.09. The number of halogens is 2. The first-order valence-electron chi connectivity index (χ1n) is 14.1. The van der Waals surface area contributed by atoms with Crippen molar-refractivity contribution < 1.29 is 62.9 Å². The molecule has 0 unspecified atom stereocenters. The fourth-order valence-corrected chi connectivity index (χ4v) is 5.44. The van der Waals surface area contributed by atoms with Gasteiger partial charge in [-0.3, -0.25) is 4.79 Å². The number of nitrogens with one attached hydrogen (secondary N) is 1. The molecule has 3 fully saturated rings. The fourth-order valence-electron chi connectivity index (χ4n) is 5.44. The van der Waals surface area contributed by atoms with Gasteiger partial charge < -0.3 is 54.6 Å². The summed E-state index contributed by atoms with van der Waals surface area (Å²) in [7, 11) is 0. The highest BCUT2D eigenvalue weighted by Crippen LogP contribution is 2.33. The first kappa shape index (κ1) is 32.7. The van der Waals surface area contributed by atoms with E-state index < -0.39 is 72.6 Å². The van der Waals surface area contributed by atoms with Crippen molar-refractivity contribution in [1.29, 1.82) is 0 Å². The quantitative estimate of drug-likeness (QED) is 0.130. The second-order valence-corrected chi connectivity index (χ2v) is 11.1. The number of carbonyl (C=O) groups is 1. The minimum absolute atomic E-state index is 0.0410. The molecule has 244 valence electrons. The zero-order chi connectivity index (χ0) is 32.4. The van der Waals surface area contributed by atoms with Crippen molar-refractivity contribution in [2.24, 2.45) is 5.16 Å². The molecule has 15 heteroatoms. The Bertz CT molecular complexity index is 1440. The van der Waals surface area contributed by atoms with Gasteiger partial charge in [-0.25, -0.2) is 8.78 Å². The van der Waals surface area contributed by atoms with Crippen LogP contribution in [0.2, 0.25) is 0 Å². The second kappa shape index (κ2) is 13.7. The smallest absolute Gasteiger partial charge is 0.247 e. The number of phenolic OH excluding ortho intramolecular Hbond substituents is 1. The lowest BCUT2D eigenvalue weighted by Gasteiger charge is -2.41. The molecular weight excluding hydrogens is 602 g/mol. The molecule has 2 aliphatic heterocycles. The SMILES string of the molecule is C/C(=N/OCc1cc(F)cc(F)c1)[C@H]1O[C@@H](Oc2ccc(/C=C(\C)C(=O)N[C@@H]3[C@H](O)[C@@H](O)[C@H]4OCO[C@H]4[C@@H]3O)cc2O)C[C@@H]1O. The minimum atomic E-state index is -1.50. The van der Waals surface area contributed by atoms with Crippen LogP contribution in [0, 0.1) is 11.6 Å². The van der Waals surface area contributed by atoms with Crippen LogP contribution >= 0.6 is 0 Å². The minimum Gasteiger partial charge on any atom is -0.504 e. The van der Waals surface area contributed by atoms with Crippen LogP contribution in [0.1, 0.15) is 31.4 Å². The van der Waals surface area contributed by atoms with E-state index in [-0.39, 0.29) is 48.2 Å². The van der Waals surface area contributed by atoms with E-state index in [4.69, 9.17) is 23.8 Å². The van der Waals surface area contributed by atoms with E-state index >= 15 is 0 Å². The van der Waals surface area contributed by atoms with Gasteiger partial charge in [-0.15, -0.1) is 0 Å². The Hall–Kier alpha value is -3.70. The normalized spacial score (nSPS) is 31.9. The Kier molecular flexibility index (Phi) is 9.98. The first-order valence-corrected chi connectivity index (χ1v) is 14.1. The Morgan fingerprint density at radius 3 is 2.40 bits per heavy atom. The third-order valence-electron chi connectivity index (χ3n) is 7.74. The number of aromatic hydroxyl groups is 1. The van der Waals surface area contributed by atoms with E-state index in [0.717, 1.165) is 18.2 Å². The molecule has 1 amide bonds. The molecule has 13 nitrogen and oxygen atoms in total. The van der Waals surface area contributed by atoms with Gasteiger partial charge in [0.05, 0.1) is 17.9 Å². The average molecular weight is 637 g/mol. The second-order valence-electron chi connectivity index (χ2n) is 11.1. The number of aliphatic hydroxyl groups excluding tert-OH is 4. The van der Waals surface area contributed by atoms with Crippen molar-refractivity contribution in [3.63, 3.8) is 0 Å². The van der Waals surface area contributed by atoms with Crippen molar-refractivity contribution in [3.05, 3.63) is 64.7 Å². The predicted molar refractivity (Wildman–Crippen MR) is 150 cm³/mol. The highest BCUT2D eigenvalue weighted by Gasteiger charge is 2.53.